The number of nitrogens with one attached hydrogen (secondary N) is 2. The molecule has 0 bridgehead atoms. The second-order valence-corrected chi connectivity index (χ2v) is 9.53. The number of hydrogen-bond acceptors (Lipinski definition) is 5. The van der Waals surface area contributed by atoms with Crippen molar-refractivity contribution in [1.82, 2.24) is 10.6 Å². The largest absolute Gasteiger partial charge is 0.467 e. The molecule has 4 aromatic rings. The molecule has 2 heterocycles. The zero-order valence-corrected chi connectivity index (χ0v) is 21.5. The molecular formula is C28H24F3N3O4S. The van der Waals surface area contributed by atoms with Gasteiger partial charge >= 0.3 is 6.18 Å². The van der Waals surface area contributed by atoms with E-state index in [0.717, 1.165) is 28.7 Å². The number of hydrogen-bond donors (Lipinski definition) is 2. The van der Waals surface area contributed by atoms with Gasteiger partial charge in [0.15, 0.2) is 0 Å². The van der Waals surface area contributed by atoms with Crippen LogP contribution in [0.5, 0.6) is 0 Å². The van der Waals surface area contributed by atoms with E-state index >= 15 is 0 Å². The van der Waals surface area contributed by atoms with Crippen LogP contribution >= 0.6 is 11.3 Å². The molecule has 3 amide bonds. The Labute approximate surface area is 226 Å². The predicted molar refractivity (Wildman–Crippen MR) is 140 cm³/mol. The van der Waals surface area contributed by atoms with E-state index in [1.165, 1.54) is 23.7 Å². The first kappa shape index (κ1) is 27.6. The standard InChI is InChI=1S/C28H24F3N3O4S/c1-18-9-11-19(12-10-18)25(27(37)32-16-22-7-3-13-38-22)34(21-6-2-5-20(15-21)28(29,30)31)24(35)17-33-26(36)23-8-4-14-39-23/h2-15,25H,16-17H2,1H3,(H,32,37)(H,33,36)/t25-/m1/s1. The first-order valence-corrected chi connectivity index (χ1v) is 12.7. The summed E-state index contributed by atoms with van der Waals surface area (Å²) in [4.78, 5) is 41.1. The molecule has 4 rings (SSSR count). The smallest absolute Gasteiger partial charge is 0.416 e. The highest BCUT2D eigenvalue weighted by Gasteiger charge is 2.36. The van der Waals surface area contributed by atoms with Crippen LogP contribution in [-0.2, 0) is 22.3 Å². The van der Waals surface area contributed by atoms with Crippen LogP contribution in [0.15, 0.2) is 88.9 Å². The van der Waals surface area contributed by atoms with Crippen molar-refractivity contribution >= 4 is 34.7 Å². The summed E-state index contributed by atoms with van der Waals surface area (Å²) in [6, 6.07) is 16.1. The SMILES string of the molecule is Cc1ccc([C@H](C(=O)NCc2ccco2)N(C(=O)CNC(=O)c2cccs2)c2cccc(C(F)(F)F)c2)cc1. The number of alkyl halides is 3. The summed E-state index contributed by atoms with van der Waals surface area (Å²) < 4.78 is 46.1. The summed E-state index contributed by atoms with van der Waals surface area (Å²) in [5.74, 6) is -1.49. The Morgan fingerprint density at radius 3 is 2.38 bits per heavy atom. The molecule has 0 aliphatic rings. The van der Waals surface area contributed by atoms with Crippen LogP contribution in [0.4, 0.5) is 18.9 Å². The third-order valence-corrected chi connectivity index (χ3v) is 6.65. The van der Waals surface area contributed by atoms with Gasteiger partial charge in [-0.15, -0.1) is 11.3 Å². The zero-order valence-electron chi connectivity index (χ0n) is 20.7. The molecule has 0 aliphatic carbocycles. The van der Waals surface area contributed by atoms with Gasteiger partial charge in [-0.1, -0.05) is 42.0 Å². The fourth-order valence-electron chi connectivity index (χ4n) is 3.86. The molecule has 0 aliphatic heterocycles. The molecule has 2 aromatic carbocycles. The Hall–Kier alpha value is -4.38. The lowest BCUT2D eigenvalue weighted by atomic mass is 10.0. The average molecular weight is 556 g/mol. The number of halogens is 3. The maximum absolute atomic E-state index is 13.6. The minimum Gasteiger partial charge on any atom is -0.467 e. The van der Waals surface area contributed by atoms with E-state index in [-0.39, 0.29) is 12.2 Å². The predicted octanol–water partition coefficient (Wildman–Crippen LogP) is 5.49. The highest BCUT2D eigenvalue weighted by atomic mass is 32.1. The number of carbonyl (C=O) groups is 3. The van der Waals surface area contributed by atoms with Crippen molar-refractivity contribution in [2.24, 2.45) is 0 Å². The summed E-state index contributed by atoms with van der Waals surface area (Å²) >= 11 is 1.17. The monoisotopic (exact) mass is 555 g/mol. The number of rotatable bonds is 9. The van der Waals surface area contributed by atoms with Crippen molar-refractivity contribution in [1.29, 1.82) is 0 Å². The highest BCUT2D eigenvalue weighted by Crippen LogP contribution is 2.34. The van der Waals surface area contributed by atoms with Gasteiger partial charge < -0.3 is 15.1 Å². The third-order valence-electron chi connectivity index (χ3n) is 5.78. The molecule has 11 heteroatoms. The van der Waals surface area contributed by atoms with E-state index < -0.39 is 42.0 Å². The second-order valence-electron chi connectivity index (χ2n) is 8.58. The summed E-state index contributed by atoms with van der Waals surface area (Å²) in [7, 11) is 0. The van der Waals surface area contributed by atoms with Gasteiger partial charge in [-0.3, -0.25) is 19.3 Å². The molecule has 0 unspecified atom stereocenters. The van der Waals surface area contributed by atoms with Crippen molar-refractivity contribution in [2.75, 3.05) is 11.4 Å². The van der Waals surface area contributed by atoms with Gasteiger partial charge in [0, 0.05) is 5.69 Å². The van der Waals surface area contributed by atoms with Crippen LogP contribution in [0.2, 0.25) is 0 Å². The molecule has 202 valence electrons. The lowest BCUT2D eigenvalue weighted by Crippen LogP contribution is -2.47. The average Bonchev–Trinajstić information content (AvgIpc) is 3.64. The Morgan fingerprint density at radius 2 is 1.74 bits per heavy atom. The topological polar surface area (TPSA) is 91.7 Å². The van der Waals surface area contributed by atoms with Crippen molar-refractivity contribution < 1.29 is 32.0 Å². The van der Waals surface area contributed by atoms with E-state index in [1.54, 1.807) is 53.9 Å². The maximum Gasteiger partial charge on any atom is 0.416 e. The fourth-order valence-corrected chi connectivity index (χ4v) is 4.50. The molecule has 2 aromatic heterocycles. The molecule has 0 saturated heterocycles. The summed E-state index contributed by atoms with van der Waals surface area (Å²) in [6.07, 6.45) is -3.24. The number of anilines is 1. The van der Waals surface area contributed by atoms with Crippen molar-refractivity contribution in [3.8, 4) is 0 Å². The van der Waals surface area contributed by atoms with Crippen LogP contribution in [-0.4, -0.2) is 24.3 Å². The van der Waals surface area contributed by atoms with Crippen LogP contribution in [0.25, 0.3) is 0 Å². The number of amides is 3. The number of thiophene rings is 1. The van der Waals surface area contributed by atoms with Gasteiger partial charge in [0.2, 0.25) is 11.8 Å². The molecule has 7 nitrogen and oxygen atoms in total. The Balaban J connectivity index is 1.73. The number of aryl methyl sites for hydroxylation is 1. The van der Waals surface area contributed by atoms with Gasteiger partial charge in [-0.05, 0) is 54.3 Å². The molecule has 1 atom stereocenters. The molecule has 0 spiro atoms. The summed E-state index contributed by atoms with van der Waals surface area (Å²) in [6.45, 7) is 1.28. The van der Waals surface area contributed by atoms with E-state index in [2.05, 4.69) is 10.6 Å². The number of benzene rings is 2. The van der Waals surface area contributed by atoms with Crippen LogP contribution in [0.3, 0.4) is 0 Å². The van der Waals surface area contributed by atoms with E-state index in [4.69, 9.17) is 4.42 Å². The Bertz CT molecular complexity index is 1420. The van der Waals surface area contributed by atoms with E-state index in [0.29, 0.717) is 16.2 Å². The van der Waals surface area contributed by atoms with Crippen LogP contribution < -0.4 is 15.5 Å². The minimum absolute atomic E-state index is 0.00602. The summed E-state index contributed by atoms with van der Waals surface area (Å²) in [5, 5.41) is 6.90. The van der Waals surface area contributed by atoms with Crippen molar-refractivity contribution in [3.63, 3.8) is 0 Å². The minimum atomic E-state index is -4.68. The van der Waals surface area contributed by atoms with Gasteiger partial charge in [0.05, 0.1) is 29.8 Å². The number of nitrogens with zero attached hydrogens (tertiary/aromatic N) is 1. The maximum atomic E-state index is 13.6. The van der Waals surface area contributed by atoms with Gasteiger partial charge in [0.25, 0.3) is 5.91 Å². The molecule has 2 N–H and O–H groups in total. The van der Waals surface area contributed by atoms with Crippen LogP contribution in [0.1, 0.15) is 38.2 Å². The number of carbonyl (C=O) groups excluding carboxylic acids is 3. The number of furan rings is 1. The lowest BCUT2D eigenvalue weighted by Gasteiger charge is -2.32. The van der Waals surface area contributed by atoms with Crippen molar-refractivity contribution in [3.05, 3.63) is 112 Å². The van der Waals surface area contributed by atoms with Crippen molar-refractivity contribution in [2.45, 2.75) is 25.7 Å². The lowest BCUT2D eigenvalue weighted by molar-refractivity contribution is -0.137. The molecule has 0 saturated carbocycles. The Kier molecular flexibility index (Phi) is 8.50. The second kappa shape index (κ2) is 12.0. The van der Waals surface area contributed by atoms with Crippen LogP contribution in [0, 0.1) is 6.92 Å². The fraction of sp³-hybridized carbons (Fsp3) is 0.179. The first-order chi connectivity index (χ1) is 18.6. The first-order valence-electron chi connectivity index (χ1n) is 11.8. The summed E-state index contributed by atoms with van der Waals surface area (Å²) in [5.41, 5.74) is 0.111. The molecular weight excluding hydrogens is 531 g/mol. The van der Waals surface area contributed by atoms with E-state index in [1.807, 2.05) is 6.92 Å². The van der Waals surface area contributed by atoms with E-state index in [9.17, 15) is 27.6 Å². The highest BCUT2D eigenvalue weighted by molar-refractivity contribution is 7.12. The molecule has 0 fully saturated rings. The zero-order chi connectivity index (χ0) is 28.0. The normalized spacial score (nSPS) is 12.0. The van der Waals surface area contributed by atoms with Gasteiger partial charge in [-0.25, -0.2) is 0 Å². The van der Waals surface area contributed by atoms with Gasteiger partial charge in [0.1, 0.15) is 11.8 Å². The molecule has 0 radical (unpaired) electrons. The third kappa shape index (κ3) is 6.94. The quantitative estimate of drug-likeness (QED) is 0.286. The molecule has 39 heavy (non-hydrogen) atoms. The van der Waals surface area contributed by atoms with Gasteiger partial charge in [-0.2, -0.15) is 13.2 Å². The Morgan fingerprint density at radius 1 is 0.974 bits per heavy atom.